The summed E-state index contributed by atoms with van der Waals surface area (Å²) in [6.45, 7) is 0.782. The molecule has 0 aliphatic rings. The molecule has 0 bridgehead atoms. The zero-order chi connectivity index (χ0) is 12.9. The average molecular weight is 247 g/mol. The molecule has 0 fully saturated rings. The number of alkyl halides is 3. The summed E-state index contributed by atoms with van der Waals surface area (Å²) in [5.74, 6) is 0.442. The van der Waals surface area contributed by atoms with Crippen molar-refractivity contribution in [1.29, 1.82) is 0 Å². The number of pyridine rings is 1. The number of aromatic nitrogens is 1. The van der Waals surface area contributed by atoms with Gasteiger partial charge in [-0.15, -0.1) is 0 Å². The summed E-state index contributed by atoms with van der Waals surface area (Å²) in [5.41, 5.74) is 6.40. The van der Waals surface area contributed by atoms with Gasteiger partial charge in [0, 0.05) is 12.2 Å². The fourth-order valence-electron chi connectivity index (χ4n) is 1.36. The number of hydrogen-bond donors (Lipinski definition) is 2. The average Bonchev–Trinajstić information content (AvgIpc) is 2.25. The fraction of sp³-hybridized carbons (Fsp3) is 0.545. The lowest BCUT2D eigenvalue weighted by Crippen LogP contribution is -2.35. The molecule has 1 unspecified atom stereocenters. The van der Waals surface area contributed by atoms with Gasteiger partial charge < -0.3 is 11.1 Å². The van der Waals surface area contributed by atoms with Crippen molar-refractivity contribution < 1.29 is 13.2 Å². The Labute approximate surface area is 98.2 Å². The summed E-state index contributed by atoms with van der Waals surface area (Å²) >= 11 is 0. The number of aryl methyl sites for hydroxylation is 1. The van der Waals surface area contributed by atoms with Crippen molar-refractivity contribution in [2.75, 3.05) is 12.3 Å². The standard InChI is InChI=1S/C11H16F3N3/c1-8(17-7-11(12,13)14)2-3-9-4-5-10(15)16-6-9/h4-6,8,17H,2-3,7H2,1H3,(H2,15,16). The molecule has 3 N–H and O–H groups in total. The van der Waals surface area contributed by atoms with Crippen LogP contribution < -0.4 is 11.1 Å². The van der Waals surface area contributed by atoms with E-state index in [-0.39, 0.29) is 6.04 Å². The quantitative estimate of drug-likeness (QED) is 0.838. The van der Waals surface area contributed by atoms with Crippen molar-refractivity contribution in [3.63, 3.8) is 0 Å². The van der Waals surface area contributed by atoms with Gasteiger partial charge in [-0.1, -0.05) is 6.07 Å². The lowest BCUT2D eigenvalue weighted by atomic mass is 10.1. The van der Waals surface area contributed by atoms with Crippen LogP contribution in [0.25, 0.3) is 0 Å². The maximum absolute atomic E-state index is 11.9. The second kappa shape index (κ2) is 5.86. The van der Waals surface area contributed by atoms with Crippen molar-refractivity contribution in [3.8, 4) is 0 Å². The summed E-state index contributed by atoms with van der Waals surface area (Å²) in [7, 11) is 0. The largest absolute Gasteiger partial charge is 0.401 e. The van der Waals surface area contributed by atoms with Gasteiger partial charge in [-0.3, -0.25) is 0 Å². The van der Waals surface area contributed by atoms with Gasteiger partial charge in [0.2, 0.25) is 0 Å². The predicted octanol–water partition coefficient (Wildman–Crippen LogP) is 2.14. The van der Waals surface area contributed by atoms with E-state index in [4.69, 9.17) is 5.73 Å². The van der Waals surface area contributed by atoms with Crippen LogP contribution >= 0.6 is 0 Å². The van der Waals surface area contributed by atoms with Gasteiger partial charge in [0.05, 0.1) is 6.54 Å². The van der Waals surface area contributed by atoms with E-state index < -0.39 is 12.7 Å². The number of nitrogens with zero attached hydrogens (tertiary/aromatic N) is 1. The third-order valence-electron chi connectivity index (χ3n) is 2.36. The Morgan fingerprint density at radius 1 is 1.41 bits per heavy atom. The topological polar surface area (TPSA) is 50.9 Å². The Bertz CT molecular complexity index is 335. The molecule has 17 heavy (non-hydrogen) atoms. The Morgan fingerprint density at radius 3 is 2.65 bits per heavy atom. The van der Waals surface area contributed by atoms with E-state index in [1.807, 2.05) is 6.07 Å². The SMILES string of the molecule is CC(CCc1ccc(N)nc1)NCC(F)(F)F. The molecule has 0 amide bonds. The highest BCUT2D eigenvalue weighted by Gasteiger charge is 2.27. The molecule has 96 valence electrons. The van der Waals surface area contributed by atoms with Gasteiger partial charge in [-0.2, -0.15) is 13.2 Å². The van der Waals surface area contributed by atoms with Crippen LogP contribution in [0.1, 0.15) is 18.9 Å². The third kappa shape index (κ3) is 6.11. The molecular formula is C11H16F3N3. The number of anilines is 1. The van der Waals surface area contributed by atoms with Crippen molar-refractivity contribution in [2.24, 2.45) is 0 Å². The summed E-state index contributed by atoms with van der Waals surface area (Å²) in [6, 6.07) is 3.33. The lowest BCUT2D eigenvalue weighted by molar-refractivity contribution is -0.126. The molecule has 1 aromatic rings. The Morgan fingerprint density at radius 2 is 2.12 bits per heavy atom. The zero-order valence-corrected chi connectivity index (χ0v) is 9.59. The van der Waals surface area contributed by atoms with Crippen LogP contribution in [0.4, 0.5) is 19.0 Å². The van der Waals surface area contributed by atoms with E-state index >= 15 is 0 Å². The predicted molar refractivity (Wildman–Crippen MR) is 60.5 cm³/mol. The normalized spacial score (nSPS) is 13.6. The van der Waals surface area contributed by atoms with Crippen LogP contribution in [0.3, 0.4) is 0 Å². The molecule has 0 spiro atoms. The molecule has 0 aromatic carbocycles. The number of hydrogen-bond acceptors (Lipinski definition) is 3. The van der Waals surface area contributed by atoms with Gasteiger partial charge in [-0.05, 0) is 31.4 Å². The molecule has 0 aliphatic carbocycles. The molecule has 0 saturated heterocycles. The molecule has 6 heteroatoms. The summed E-state index contributed by atoms with van der Waals surface area (Å²) < 4.78 is 35.8. The van der Waals surface area contributed by atoms with Crippen LogP contribution in [0.5, 0.6) is 0 Å². The highest BCUT2D eigenvalue weighted by molar-refractivity contribution is 5.29. The van der Waals surface area contributed by atoms with Gasteiger partial charge in [-0.25, -0.2) is 4.98 Å². The van der Waals surface area contributed by atoms with Crippen LogP contribution in [-0.2, 0) is 6.42 Å². The van der Waals surface area contributed by atoms with E-state index in [2.05, 4.69) is 10.3 Å². The van der Waals surface area contributed by atoms with Crippen LogP contribution in [0, 0.1) is 0 Å². The summed E-state index contributed by atoms with van der Waals surface area (Å²) in [5, 5.41) is 2.43. The molecule has 1 aromatic heterocycles. The van der Waals surface area contributed by atoms with Crippen molar-refractivity contribution in [1.82, 2.24) is 10.3 Å². The maximum Gasteiger partial charge on any atom is 0.401 e. The van der Waals surface area contributed by atoms with Crippen molar-refractivity contribution >= 4 is 5.82 Å². The van der Waals surface area contributed by atoms with Crippen LogP contribution in [0.2, 0.25) is 0 Å². The van der Waals surface area contributed by atoms with E-state index in [9.17, 15) is 13.2 Å². The maximum atomic E-state index is 11.9. The molecule has 0 aliphatic heterocycles. The summed E-state index contributed by atoms with van der Waals surface area (Å²) in [4.78, 5) is 3.92. The Balaban J connectivity index is 2.28. The van der Waals surface area contributed by atoms with Crippen molar-refractivity contribution in [2.45, 2.75) is 32.0 Å². The number of nitrogen functional groups attached to an aromatic ring is 1. The second-order valence-corrected chi connectivity index (χ2v) is 4.03. The van der Waals surface area contributed by atoms with Crippen molar-refractivity contribution in [3.05, 3.63) is 23.9 Å². The second-order valence-electron chi connectivity index (χ2n) is 4.03. The first-order valence-corrected chi connectivity index (χ1v) is 5.37. The number of halogens is 3. The minimum Gasteiger partial charge on any atom is -0.384 e. The first-order chi connectivity index (χ1) is 7.87. The van der Waals surface area contributed by atoms with E-state index in [1.54, 1.807) is 19.2 Å². The smallest absolute Gasteiger partial charge is 0.384 e. The molecule has 0 saturated carbocycles. The number of nitrogens with two attached hydrogens (primary N) is 1. The number of nitrogens with one attached hydrogen (secondary N) is 1. The minimum absolute atomic E-state index is 0.186. The zero-order valence-electron chi connectivity index (χ0n) is 9.59. The van der Waals surface area contributed by atoms with Gasteiger partial charge in [0.15, 0.2) is 0 Å². The van der Waals surface area contributed by atoms with Gasteiger partial charge >= 0.3 is 6.18 Å². The highest BCUT2D eigenvalue weighted by atomic mass is 19.4. The molecule has 1 atom stereocenters. The number of rotatable bonds is 5. The van der Waals surface area contributed by atoms with Crippen LogP contribution in [0.15, 0.2) is 18.3 Å². The van der Waals surface area contributed by atoms with Gasteiger partial charge in [0.25, 0.3) is 0 Å². The first-order valence-electron chi connectivity index (χ1n) is 5.37. The molecule has 1 rings (SSSR count). The van der Waals surface area contributed by atoms with E-state index in [1.165, 1.54) is 0 Å². The Hall–Kier alpha value is -1.30. The monoisotopic (exact) mass is 247 g/mol. The van der Waals surface area contributed by atoms with Crippen LogP contribution in [-0.4, -0.2) is 23.7 Å². The lowest BCUT2D eigenvalue weighted by Gasteiger charge is -2.15. The molecule has 1 heterocycles. The van der Waals surface area contributed by atoms with E-state index in [0.717, 1.165) is 5.56 Å². The van der Waals surface area contributed by atoms with Gasteiger partial charge in [0.1, 0.15) is 5.82 Å². The Kier molecular flexibility index (Phi) is 4.74. The fourth-order valence-corrected chi connectivity index (χ4v) is 1.36. The molecular weight excluding hydrogens is 231 g/mol. The highest BCUT2D eigenvalue weighted by Crippen LogP contribution is 2.13. The molecule has 0 radical (unpaired) electrons. The summed E-state index contributed by atoms with van der Waals surface area (Å²) in [6.07, 6.45) is -1.20. The first kappa shape index (κ1) is 13.8. The molecule has 3 nitrogen and oxygen atoms in total. The van der Waals surface area contributed by atoms with E-state index in [0.29, 0.717) is 18.7 Å². The minimum atomic E-state index is -4.16. The third-order valence-corrected chi connectivity index (χ3v) is 2.36.